The number of carbonyl (C=O) groups is 1. The Morgan fingerprint density at radius 3 is 2.79 bits per heavy atom. The number of nitrogens with two attached hydrogens (primary N) is 2. The summed E-state index contributed by atoms with van der Waals surface area (Å²) in [5.74, 6) is -0.892. The summed E-state index contributed by atoms with van der Waals surface area (Å²) in [6.45, 7) is 0. The van der Waals surface area contributed by atoms with Gasteiger partial charge in [-0.3, -0.25) is 4.79 Å². The van der Waals surface area contributed by atoms with Crippen molar-refractivity contribution in [1.82, 2.24) is 0 Å². The Hall–Kier alpha value is -0.940. The number of primary amides is 1. The van der Waals surface area contributed by atoms with E-state index in [2.05, 4.69) is 15.9 Å². The van der Waals surface area contributed by atoms with Crippen molar-refractivity contribution in [3.8, 4) is 0 Å². The third kappa shape index (κ3) is 2.78. The fourth-order valence-electron chi connectivity index (χ4n) is 1.13. The first-order chi connectivity index (χ1) is 6.50. The molecule has 4 N–H and O–H groups in total. The fourth-order valence-corrected chi connectivity index (χ4v) is 1.67. The summed E-state index contributed by atoms with van der Waals surface area (Å²) in [5.41, 5.74) is 11.2. The summed E-state index contributed by atoms with van der Waals surface area (Å²) in [6, 6.07) is 3.57. The Labute approximate surface area is 89.4 Å². The van der Waals surface area contributed by atoms with Gasteiger partial charge in [0.25, 0.3) is 0 Å². The molecule has 0 saturated carbocycles. The molecule has 14 heavy (non-hydrogen) atoms. The second kappa shape index (κ2) is 4.52. The molecule has 0 aliphatic carbocycles. The first-order valence-corrected chi connectivity index (χ1v) is 4.79. The molecule has 1 rings (SSSR count). The van der Waals surface area contributed by atoms with Crippen molar-refractivity contribution < 1.29 is 9.18 Å². The van der Waals surface area contributed by atoms with E-state index in [1.165, 1.54) is 12.1 Å². The van der Waals surface area contributed by atoms with Crippen LogP contribution in [0.25, 0.3) is 0 Å². The van der Waals surface area contributed by atoms with Crippen molar-refractivity contribution >= 4 is 21.8 Å². The maximum atomic E-state index is 12.9. The number of halogens is 2. The molecule has 0 spiro atoms. The van der Waals surface area contributed by atoms with Crippen molar-refractivity contribution in [3.63, 3.8) is 0 Å². The van der Waals surface area contributed by atoms with Crippen LogP contribution in [0.5, 0.6) is 0 Å². The van der Waals surface area contributed by atoms with Gasteiger partial charge in [0.15, 0.2) is 0 Å². The van der Waals surface area contributed by atoms with Crippen LogP contribution in [0, 0.1) is 5.82 Å². The highest BCUT2D eigenvalue weighted by Gasteiger charge is 2.13. The van der Waals surface area contributed by atoms with E-state index in [1.807, 2.05) is 0 Å². The maximum absolute atomic E-state index is 12.9. The predicted molar refractivity (Wildman–Crippen MR) is 54.8 cm³/mol. The highest BCUT2D eigenvalue weighted by Crippen LogP contribution is 2.24. The van der Waals surface area contributed by atoms with Crippen LogP contribution >= 0.6 is 15.9 Å². The van der Waals surface area contributed by atoms with Gasteiger partial charge in [-0.05, 0) is 23.8 Å². The molecule has 1 atom stereocenters. The predicted octanol–water partition coefficient (Wildman–Crippen LogP) is 1.46. The molecule has 0 radical (unpaired) electrons. The largest absolute Gasteiger partial charge is 0.370 e. The number of hydrogen-bond acceptors (Lipinski definition) is 2. The Morgan fingerprint density at radius 1 is 1.57 bits per heavy atom. The Balaban J connectivity index is 2.93. The molecule has 1 amide bonds. The molecule has 0 aromatic heterocycles. The van der Waals surface area contributed by atoms with E-state index in [0.29, 0.717) is 10.0 Å². The Bertz CT molecular complexity index is 357. The van der Waals surface area contributed by atoms with Gasteiger partial charge >= 0.3 is 0 Å². The highest BCUT2D eigenvalue weighted by atomic mass is 79.9. The van der Waals surface area contributed by atoms with E-state index < -0.39 is 11.9 Å². The fraction of sp³-hybridized carbons (Fsp3) is 0.222. The number of benzene rings is 1. The van der Waals surface area contributed by atoms with E-state index in [9.17, 15) is 9.18 Å². The zero-order chi connectivity index (χ0) is 10.7. The van der Waals surface area contributed by atoms with E-state index in [0.717, 1.165) is 0 Å². The minimum absolute atomic E-state index is 0.00204. The van der Waals surface area contributed by atoms with Crippen molar-refractivity contribution in [2.75, 3.05) is 0 Å². The van der Waals surface area contributed by atoms with E-state index in [1.54, 1.807) is 6.07 Å². The second-order valence-corrected chi connectivity index (χ2v) is 3.80. The summed E-state index contributed by atoms with van der Waals surface area (Å²) < 4.78 is 13.5. The van der Waals surface area contributed by atoms with Gasteiger partial charge in [-0.1, -0.05) is 15.9 Å². The van der Waals surface area contributed by atoms with Crippen LogP contribution < -0.4 is 11.5 Å². The van der Waals surface area contributed by atoms with Gasteiger partial charge in [0.05, 0.1) is 0 Å². The monoisotopic (exact) mass is 260 g/mol. The van der Waals surface area contributed by atoms with Crippen LogP contribution in [0.3, 0.4) is 0 Å². The maximum Gasteiger partial charge on any atom is 0.219 e. The van der Waals surface area contributed by atoms with Crippen molar-refractivity contribution in [2.24, 2.45) is 11.5 Å². The minimum Gasteiger partial charge on any atom is -0.370 e. The first kappa shape index (κ1) is 11.1. The lowest BCUT2D eigenvalue weighted by atomic mass is 10.0. The summed E-state index contributed by atoms with van der Waals surface area (Å²) in [6.07, 6.45) is 0.00204. The van der Waals surface area contributed by atoms with Gasteiger partial charge in [-0.2, -0.15) is 0 Å². The number of hydrogen-bond donors (Lipinski definition) is 2. The zero-order valence-corrected chi connectivity index (χ0v) is 8.92. The normalized spacial score (nSPS) is 12.5. The van der Waals surface area contributed by atoms with E-state index >= 15 is 0 Å². The number of rotatable bonds is 3. The van der Waals surface area contributed by atoms with E-state index in [-0.39, 0.29) is 12.2 Å². The Kier molecular flexibility index (Phi) is 3.60. The molecular formula is C9H10BrFN2O. The number of carbonyl (C=O) groups excluding carboxylic acids is 1. The molecular weight excluding hydrogens is 251 g/mol. The van der Waals surface area contributed by atoms with Crippen molar-refractivity contribution in [2.45, 2.75) is 12.5 Å². The number of amides is 1. The van der Waals surface area contributed by atoms with Crippen LogP contribution in [-0.2, 0) is 4.79 Å². The third-order valence-electron chi connectivity index (χ3n) is 1.78. The highest BCUT2D eigenvalue weighted by molar-refractivity contribution is 9.10. The molecule has 3 nitrogen and oxygen atoms in total. The molecule has 5 heteroatoms. The molecule has 0 aliphatic heterocycles. The quantitative estimate of drug-likeness (QED) is 0.864. The minimum atomic E-state index is -0.572. The first-order valence-electron chi connectivity index (χ1n) is 3.99. The van der Waals surface area contributed by atoms with Crippen LogP contribution in [0.15, 0.2) is 22.7 Å². The third-order valence-corrected chi connectivity index (χ3v) is 2.50. The summed E-state index contributed by atoms with van der Waals surface area (Å²) in [4.78, 5) is 10.6. The van der Waals surface area contributed by atoms with Gasteiger partial charge in [0.1, 0.15) is 5.82 Å². The smallest absolute Gasteiger partial charge is 0.219 e. The van der Waals surface area contributed by atoms with Crippen molar-refractivity contribution in [1.29, 1.82) is 0 Å². The van der Waals surface area contributed by atoms with Gasteiger partial charge in [0, 0.05) is 16.9 Å². The molecule has 1 unspecified atom stereocenters. The van der Waals surface area contributed by atoms with Gasteiger partial charge in [0.2, 0.25) is 5.91 Å². The molecule has 0 fully saturated rings. The molecule has 76 valence electrons. The standard InChI is InChI=1S/C9H10BrFN2O/c10-7-2-1-5(11)3-6(7)8(12)4-9(13)14/h1-3,8H,4,12H2,(H2,13,14). The van der Waals surface area contributed by atoms with E-state index in [4.69, 9.17) is 11.5 Å². The summed E-state index contributed by atoms with van der Waals surface area (Å²) in [7, 11) is 0. The van der Waals surface area contributed by atoms with Crippen LogP contribution in [0.1, 0.15) is 18.0 Å². The summed E-state index contributed by atoms with van der Waals surface area (Å²) >= 11 is 3.22. The lowest BCUT2D eigenvalue weighted by Gasteiger charge is -2.11. The molecule has 1 aromatic carbocycles. The molecule has 0 saturated heterocycles. The average Bonchev–Trinajstić information content (AvgIpc) is 2.08. The summed E-state index contributed by atoms with van der Waals surface area (Å²) in [5, 5.41) is 0. The van der Waals surface area contributed by atoms with Crippen LogP contribution in [0.2, 0.25) is 0 Å². The van der Waals surface area contributed by atoms with Gasteiger partial charge in [-0.15, -0.1) is 0 Å². The van der Waals surface area contributed by atoms with Gasteiger partial charge in [-0.25, -0.2) is 4.39 Å². The van der Waals surface area contributed by atoms with Crippen molar-refractivity contribution in [3.05, 3.63) is 34.1 Å². The van der Waals surface area contributed by atoms with Crippen LogP contribution in [0.4, 0.5) is 4.39 Å². The van der Waals surface area contributed by atoms with Crippen LogP contribution in [-0.4, -0.2) is 5.91 Å². The topological polar surface area (TPSA) is 69.1 Å². The molecule has 0 heterocycles. The molecule has 0 bridgehead atoms. The molecule has 0 aliphatic rings. The molecule has 1 aromatic rings. The van der Waals surface area contributed by atoms with Gasteiger partial charge < -0.3 is 11.5 Å². The zero-order valence-electron chi connectivity index (χ0n) is 7.34. The lowest BCUT2D eigenvalue weighted by molar-refractivity contribution is -0.118. The average molecular weight is 261 g/mol. The SMILES string of the molecule is NC(=O)CC(N)c1cc(F)ccc1Br. The second-order valence-electron chi connectivity index (χ2n) is 2.94. The lowest BCUT2D eigenvalue weighted by Crippen LogP contribution is -2.21. The Morgan fingerprint density at radius 2 is 2.21 bits per heavy atom.